The summed E-state index contributed by atoms with van der Waals surface area (Å²) in [6.45, 7) is 5.43. The second-order valence-electron chi connectivity index (χ2n) is 6.81. The van der Waals surface area contributed by atoms with Gasteiger partial charge in [0.1, 0.15) is 0 Å². The minimum atomic E-state index is -3.56. The van der Waals surface area contributed by atoms with Gasteiger partial charge >= 0.3 is 0 Å². The number of benzene rings is 2. The Morgan fingerprint density at radius 1 is 1.00 bits per heavy atom. The fraction of sp³-hybridized carbons (Fsp3) is 0.381. The highest BCUT2D eigenvalue weighted by Crippen LogP contribution is 2.29. The van der Waals surface area contributed by atoms with Crippen LogP contribution in [-0.4, -0.2) is 63.4 Å². The van der Waals surface area contributed by atoms with Gasteiger partial charge < -0.3 is 14.4 Å². The average molecular weight is 419 g/mol. The maximum absolute atomic E-state index is 12.9. The molecule has 8 heteroatoms. The first-order chi connectivity index (χ1) is 13.9. The largest absolute Gasteiger partial charge is 0.493 e. The monoisotopic (exact) mass is 418 g/mol. The molecule has 1 amide bonds. The lowest BCUT2D eigenvalue weighted by Crippen LogP contribution is -2.50. The van der Waals surface area contributed by atoms with Crippen molar-refractivity contribution in [1.29, 1.82) is 0 Å². The number of hydrogen-bond donors (Lipinski definition) is 0. The normalized spacial score (nSPS) is 15.2. The molecule has 1 saturated heterocycles. The number of piperazine rings is 1. The van der Waals surface area contributed by atoms with Gasteiger partial charge in [0.2, 0.25) is 10.0 Å². The zero-order chi connectivity index (χ0) is 21.0. The Balaban J connectivity index is 1.69. The number of methoxy groups -OCH3 is 1. The van der Waals surface area contributed by atoms with Gasteiger partial charge in [-0.3, -0.25) is 4.79 Å². The van der Waals surface area contributed by atoms with Crippen molar-refractivity contribution in [3.05, 3.63) is 53.6 Å². The lowest BCUT2D eigenvalue weighted by Gasteiger charge is -2.34. The van der Waals surface area contributed by atoms with Crippen molar-refractivity contribution in [2.24, 2.45) is 0 Å². The van der Waals surface area contributed by atoms with Crippen LogP contribution < -0.4 is 9.47 Å². The van der Waals surface area contributed by atoms with Crippen LogP contribution in [0.25, 0.3) is 0 Å². The smallest absolute Gasteiger partial charge is 0.254 e. The number of carbonyl (C=O) groups excluding carboxylic acids is 1. The predicted octanol–water partition coefficient (Wildman–Crippen LogP) is 2.55. The first-order valence-corrected chi connectivity index (χ1v) is 11.0. The van der Waals surface area contributed by atoms with E-state index in [2.05, 4.69) is 0 Å². The Morgan fingerprint density at radius 3 is 2.24 bits per heavy atom. The predicted molar refractivity (Wildman–Crippen MR) is 110 cm³/mol. The van der Waals surface area contributed by atoms with Crippen LogP contribution in [0.4, 0.5) is 0 Å². The van der Waals surface area contributed by atoms with Crippen LogP contribution in [0.3, 0.4) is 0 Å². The van der Waals surface area contributed by atoms with Crippen molar-refractivity contribution in [3.8, 4) is 11.5 Å². The number of hydrogen-bond acceptors (Lipinski definition) is 5. The molecule has 2 aromatic rings. The van der Waals surface area contributed by atoms with Gasteiger partial charge in [0.05, 0.1) is 18.6 Å². The van der Waals surface area contributed by atoms with Crippen LogP contribution in [0, 0.1) is 6.92 Å². The summed E-state index contributed by atoms with van der Waals surface area (Å²) in [5.74, 6) is 0.930. The molecule has 1 aliphatic heterocycles. The summed E-state index contributed by atoms with van der Waals surface area (Å²) in [5.41, 5.74) is 1.49. The summed E-state index contributed by atoms with van der Waals surface area (Å²) < 4.78 is 37.9. The molecule has 0 unspecified atom stereocenters. The average Bonchev–Trinajstić information content (AvgIpc) is 2.74. The Labute approximate surface area is 171 Å². The summed E-state index contributed by atoms with van der Waals surface area (Å²) in [4.78, 5) is 14.8. The molecule has 156 valence electrons. The highest BCUT2D eigenvalue weighted by Gasteiger charge is 2.30. The van der Waals surface area contributed by atoms with E-state index in [1.807, 2.05) is 13.8 Å². The van der Waals surface area contributed by atoms with E-state index in [4.69, 9.17) is 9.47 Å². The summed E-state index contributed by atoms with van der Waals surface area (Å²) in [7, 11) is -2.01. The van der Waals surface area contributed by atoms with E-state index in [1.165, 1.54) is 4.31 Å². The quantitative estimate of drug-likeness (QED) is 0.721. The minimum absolute atomic E-state index is 0.152. The molecule has 0 N–H and O–H groups in total. The second-order valence-corrected chi connectivity index (χ2v) is 8.75. The van der Waals surface area contributed by atoms with E-state index in [0.717, 1.165) is 5.56 Å². The third-order valence-electron chi connectivity index (χ3n) is 4.90. The lowest BCUT2D eigenvalue weighted by atomic mass is 10.1. The standard InChI is InChI=1S/C21H26N2O5S/c1-4-28-20-15-17(7-10-19(20)27-3)21(24)22-11-13-23(14-12-22)29(25,26)18-8-5-16(2)6-9-18/h5-10,15H,4,11-14H2,1-3H3. The van der Waals surface area contributed by atoms with E-state index in [0.29, 0.717) is 36.8 Å². The van der Waals surface area contributed by atoms with Gasteiger partial charge in [0, 0.05) is 31.7 Å². The van der Waals surface area contributed by atoms with Crippen molar-refractivity contribution in [3.63, 3.8) is 0 Å². The second kappa shape index (κ2) is 8.84. The molecule has 2 aromatic carbocycles. The molecule has 29 heavy (non-hydrogen) atoms. The number of carbonyl (C=O) groups is 1. The Morgan fingerprint density at radius 2 is 1.66 bits per heavy atom. The number of amides is 1. The van der Waals surface area contributed by atoms with E-state index >= 15 is 0 Å². The van der Waals surface area contributed by atoms with Gasteiger partial charge in [0.25, 0.3) is 5.91 Å². The summed E-state index contributed by atoms with van der Waals surface area (Å²) in [6.07, 6.45) is 0. The molecule has 0 aliphatic carbocycles. The Hall–Kier alpha value is -2.58. The van der Waals surface area contributed by atoms with Crippen molar-refractivity contribution in [1.82, 2.24) is 9.21 Å². The van der Waals surface area contributed by atoms with Crippen LogP contribution in [-0.2, 0) is 10.0 Å². The Bertz CT molecular complexity index is 965. The maximum atomic E-state index is 12.9. The minimum Gasteiger partial charge on any atom is -0.493 e. The SMILES string of the molecule is CCOc1cc(C(=O)N2CCN(S(=O)(=O)c3ccc(C)cc3)CC2)ccc1OC. The molecule has 1 heterocycles. The van der Waals surface area contributed by atoms with Crippen molar-refractivity contribution < 1.29 is 22.7 Å². The zero-order valence-corrected chi connectivity index (χ0v) is 17.7. The van der Waals surface area contributed by atoms with Crippen molar-refractivity contribution >= 4 is 15.9 Å². The molecular formula is C21H26N2O5S. The molecule has 0 aromatic heterocycles. The molecule has 0 saturated carbocycles. The van der Waals surface area contributed by atoms with Gasteiger partial charge in [-0.05, 0) is 44.2 Å². The lowest BCUT2D eigenvalue weighted by molar-refractivity contribution is 0.0697. The van der Waals surface area contributed by atoms with Gasteiger partial charge in [-0.1, -0.05) is 17.7 Å². The molecule has 1 fully saturated rings. The fourth-order valence-corrected chi connectivity index (χ4v) is 4.67. The van der Waals surface area contributed by atoms with Crippen LogP contribution in [0.1, 0.15) is 22.8 Å². The molecule has 0 bridgehead atoms. The fourth-order valence-electron chi connectivity index (χ4n) is 3.25. The number of nitrogens with zero attached hydrogens (tertiary/aromatic N) is 2. The summed E-state index contributed by atoms with van der Waals surface area (Å²) in [6, 6.07) is 11.9. The first kappa shape index (κ1) is 21.1. The number of sulfonamides is 1. The zero-order valence-electron chi connectivity index (χ0n) is 16.9. The summed E-state index contributed by atoms with van der Waals surface area (Å²) in [5, 5.41) is 0. The number of rotatable bonds is 6. The van der Waals surface area contributed by atoms with Gasteiger partial charge in [-0.2, -0.15) is 4.31 Å². The van der Waals surface area contributed by atoms with E-state index in [1.54, 1.807) is 54.5 Å². The van der Waals surface area contributed by atoms with E-state index in [-0.39, 0.29) is 23.9 Å². The molecular weight excluding hydrogens is 392 g/mol. The van der Waals surface area contributed by atoms with E-state index < -0.39 is 10.0 Å². The topological polar surface area (TPSA) is 76.2 Å². The highest BCUT2D eigenvalue weighted by molar-refractivity contribution is 7.89. The van der Waals surface area contributed by atoms with Crippen molar-refractivity contribution in [2.45, 2.75) is 18.7 Å². The molecule has 0 spiro atoms. The first-order valence-electron chi connectivity index (χ1n) is 9.53. The van der Waals surface area contributed by atoms with Gasteiger partial charge in [0.15, 0.2) is 11.5 Å². The molecule has 0 radical (unpaired) electrons. The third kappa shape index (κ3) is 4.54. The van der Waals surface area contributed by atoms with Crippen LogP contribution in [0.15, 0.2) is 47.4 Å². The van der Waals surface area contributed by atoms with Crippen LogP contribution in [0.5, 0.6) is 11.5 Å². The molecule has 7 nitrogen and oxygen atoms in total. The molecule has 0 atom stereocenters. The number of aryl methyl sites for hydroxylation is 1. The third-order valence-corrected chi connectivity index (χ3v) is 6.81. The molecule has 1 aliphatic rings. The van der Waals surface area contributed by atoms with Crippen molar-refractivity contribution in [2.75, 3.05) is 39.9 Å². The van der Waals surface area contributed by atoms with E-state index in [9.17, 15) is 13.2 Å². The van der Waals surface area contributed by atoms with Crippen LogP contribution in [0.2, 0.25) is 0 Å². The summed E-state index contributed by atoms with van der Waals surface area (Å²) >= 11 is 0. The van der Waals surface area contributed by atoms with Crippen LogP contribution >= 0.6 is 0 Å². The Kier molecular flexibility index (Phi) is 6.44. The van der Waals surface area contributed by atoms with Gasteiger partial charge in [-0.15, -0.1) is 0 Å². The van der Waals surface area contributed by atoms with Gasteiger partial charge in [-0.25, -0.2) is 8.42 Å². The molecule has 3 rings (SSSR count). The highest BCUT2D eigenvalue weighted by atomic mass is 32.2. The maximum Gasteiger partial charge on any atom is 0.254 e. The number of ether oxygens (including phenoxy) is 2.